The van der Waals surface area contributed by atoms with Crippen LogP contribution in [0.4, 0.5) is 5.69 Å². The number of nitrogens with two attached hydrogens (primary N) is 1. The third-order valence-corrected chi connectivity index (χ3v) is 2.34. The van der Waals surface area contributed by atoms with Gasteiger partial charge in [0.05, 0.1) is 12.2 Å². The van der Waals surface area contributed by atoms with Gasteiger partial charge in [0.2, 0.25) is 0 Å². The van der Waals surface area contributed by atoms with Crippen molar-refractivity contribution >= 4 is 17.7 Å². The maximum absolute atomic E-state index is 11.7. The van der Waals surface area contributed by atoms with Crippen LogP contribution < -0.4 is 5.73 Å². The minimum absolute atomic E-state index is 0.310. The Bertz CT molecular complexity index is 519. The number of esters is 1. The Kier molecular flexibility index (Phi) is 5.98. The summed E-state index contributed by atoms with van der Waals surface area (Å²) in [6.45, 7) is 2.46. The first kappa shape index (κ1) is 14.6. The lowest BCUT2D eigenvalue weighted by Gasteiger charge is -2.06. The van der Waals surface area contributed by atoms with E-state index in [0.29, 0.717) is 30.8 Å². The fourth-order valence-corrected chi connectivity index (χ4v) is 1.46. The summed E-state index contributed by atoms with van der Waals surface area (Å²) in [7, 11) is 0. The number of ether oxygens (including phenoxy) is 1. The fourth-order valence-electron chi connectivity index (χ4n) is 1.46. The van der Waals surface area contributed by atoms with Gasteiger partial charge < -0.3 is 10.5 Å². The predicted molar refractivity (Wildman–Crippen MR) is 74.5 cm³/mol. The molecule has 0 atom stereocenters. The monoisotopic (exact) mass is 260 g/mol. The summed E-state index contributed by atoms with van der Waals surface area (Å²) >= 11 is 0. The van der Waals surface area contributed by atoms with Crippen LogP contribution in [0.2, 0.25) is 0 Å². The number of nitrogens with zero attached hydrogens (tertiary/aromatic N) is 3. The number of hydrogen-bond donors (Lipinski definition) is 1. The summed E-state index contributed by atoms with van der Waals surface area (Å²) in [5, 5.41) is 3.42. The SMILES string of the molecule is CCOC(=O)c1cc(C=CCCN=[N+]=[N-])ccc1N. The Morgan fingerprint density at radius 1 is 1.58 bits per heavy atom. The van der Waals surface area contributed by atoms with Crippen molar-refractivity contribution in [3.8, 4) is 0 Å². The highest BCUT2D eigenvalue weighted by molar-refractivity contribution is 5.95. The van der Waals surface area contributed by atoms with E-state index in [2.05, 4.69) is 10.0 Å². The molecule has 0 bridgehead atoms. The Balaban J connectivity index is 2.78. The summed E-state index contributed by atoms with van der Waals surface area (Å²) in [5.74, 6) is -0.427. The van der Waals surface area contributed by atoms with E-state index in [4.69, 9.17) is 16.0 Å². The zero-order valence-corrected chi connectivity index (χ0v) is 10.7. The summed E-state index contributed by atoms with van der Waals surface area (Å²) in [4.78, 5) is 14.3. The Morgan fingerprint density at radius 3 is 3.05 bits per heavy atom. The first-order valence-corrected chi connectivity index (χ1v) is 5.93. The van der Waals surface area contributed by atoms with Gasteiger partial charge in [-0.2, -0.15) is 0 Å². The molecule has 0 unspecified atom stereocenters. The molecular weight excluding hydrogens is 244 g/mol. The summed E-state index contributed by atoms with van der Waals surface area (Å²) in [6.07, 6.45) is 4.35. The van der Waals surface area contributed by atoms with Gasteiger partial charge in [-0.25, -0.2) is 4.79 Å². The number of benzene rings is 1. The smallest absolute Gasteiger partial charge is 0.340 e. The average Bonchev–Trinajstić information content (AvgIpc) is 2.40. The molecule has 6 heteroatoms. The molecular formula is C13H16N4O2. The van der Waals surface area contributed by atoms with Crippen LogP contribution in [0.5, 0.6) is 0 Å². The third kappa shape index (κ3) is 4.73. The lowest BCUT2D eigenvalue weighted by molar-refractivity contribution is 0.0527. The van der Waals surface area contributed by atoms with Crippen LogP contribution in [0.15, 0.2) is 29.4 Å². The molecule has 1 rings (SSSR count). The van der Waals surface area contributed by atoms with Gasteiger partial charge in [0.15, 0.2) is 0 Å². The fraction of sp³-hybridized carbons (Fsp3) is 0.308. The molecule has 0 heterocycles. The zero-order chi connectivity index (χ0) is 14.1. The number of nitrogen functional groups attached to an aromatic ring is 1. The van der Waals surface area contributed by atoms with Crippen LogP contribution >= 0.6 is 0 Å². The molecule has 0 saturated heterocycles. The van der Waals surface area contributed by atoms with E-state index < -0.39 is 5.97 Å². The molecule has 1 aromatic rings. The maximum atomic E-state index is 11.7. The number of carbonyl (C=O) groups excluding carboxylic acids is 1. The molecule has 0 aromatic heterocycles. The largest absolute Gasteiger partial charge is 0.462 e. The van der Waals surface area contributed by atoms with Gasteiger partial charge in [-0.15, -0.1) is 0 Å². The van der Waals surface area contributed by atoms with Gasteiger partial charge >= 0.3 is 5.97 Å². The maximum Gasteiger partial charge on any atom is 0.340 e. The van der Waals surface area contributed by atoms with Crippen molar-refractivity contribution in [2.45, 2.75) is 13.3 Å². The topological polar surface area (TPSA) is 101 Å². The van der Waals surface area contributed by atoms with Crippen LogP contribution in [0, 0.1) is 0 Å². The summed E-state index contributed by atoms with van der Waals surface area (Å²) < 4.78 is 4.92. The molecule has 0 saturated carbocycles. The highest BCUT2D eigenvalue weighted by Gasteiger charge is 2.10. The van der Waals surface area contributed by atoms with E-state index in [1.165, 1.54) is 0 Å². The second-order valence-electron chi connectivity index (χ2n) is 3.71. The van der Waals surface area contributed by atoms with Crippen molar-refractivity contribution in [2.24, 2.45) is 5.11 Å². The number of anilines is 1. The average molecular weight is 260 g/mol. The minimum atomic E-state index is -0.427. The Morgan fingerprint density at radius 2 is 2.37 bits per heavy atom. The van der Waals surface area contributed by atoms with Gasteiger partial charge in [-0.05, 0) is 36.6 Å². The van der Waals surface area contributed by atoms with Crippen LogP contribution in [0.1, 0.15) is 29.3 Å². The number of carbonyl (C=O) groups is 1. The van der Waals surface area contributed by atoms with Crippen molar-refractivity contribution in [1.82, 2.24) is 0 Å². The molecule has 0 fully saturated rings. The molecule has 0 aliphatic carbocycles. The van der Waals surface area contributed by atoms with E-state index in [9.17, 15) is 4.79 Å². The number of hydrogen-bond acceptors (Lipinski definition) is 4. The summed E-state index contributed by atoms with van der Waals surface area (Å²) in [6, 6.07) is 5.15. The second-order valence-corrected chi connectivity index (χ2v) is 3.71. The molecule has 0 spiro atoms. The van der Waals surface area contributed by atoms with Crippen molar-refractivity contribution in [1.29, 1.82) is 0 Å². The molecule has 100 valence electrons. The predicted octanol–water partition coefficient (Wildman–Crippen LogP) is 3.16. The highest BCUT2D eigenvalue weighted by Crippen LogP contribution is 2.16. The van der Waals surface area contributed by atoms with E-state index in [1.54, 1.807) is 19.1 Å². The van der Waals surface area contributed by atoms with Gasteiger partial charge in [-0.3, -0.25) is 0 Å². The molecule has 0 aliphatic heterocycles. The standard InChI is InChI=1S/C13H16N4O2/c1-2-19-13(18)11-9-10(6-7-12(11)14)5-3-4-8-16-17-15/h3,5-7,9H,2,4,8,14H2,1H3. The molecule has 6 nitrogen and oxygen atoms in total. The van der Waals surface area contributed by atoms with Crippen molar-refractivity contribution in [2.75, 3.05) is 18.9 Å². The molecule has 1 aromatic carbocycles. The van der Waals surface area contributed by atoms with Crippen molar-refractivity contribution in [3.05, 3.63) is 45.8 Å². The first-order valence-electron chi connectivity index (χ1n) is 5.93. The molecule has 2 N–H and O–H groups in total. The first-order chi connectivity index (χ1) is 9.19. The normalized spacial score (nSPS) is 10.2. The third-order valence-electron chi connectivity index (χ3n) is 2.34. The van der Waals surface area contributed by atoms with Crippen LogP contribution in [-0.4, -0.2) is 19.1 Å². The highest BCUT2D eigenvalue weighted by atomic mass is 16.5. The van der Waals surface area contributed by atoms with Gasteiger partial charge in [0, 0.05) is 17.1 Å². The van der Waals surface area contributed by atoms with Gasteiger partial charge in [0.1, 0.15) is 0 Å². The zero-order valence-electron chi connectivity index (χ0n) is 10.7. The Hall–Kier alpha value is -2.46. The molecule has 0 amide bonds. The van der Waals surface area contributed by atoms with Crippen molar-refractivity contribution < 1.29 is 9.53 Å². The lowest BCUT2D eigenvalue weighted by atomic mass is 10.1. The quantitative estimate of drug-likeness (QED) is 0.212. The Labute approximate surface area is 111 Å². The van der Waals surface area contributed by atoms with Crippen LogP contribution in [0.25, 0.3) is 16.5 Å². The molecule has 19 heavy (non-hydrogen) atoms. The minimum Gasteiger partial charge on any atom is -0.462 e. The van der Waals surface area contributed by atoms with Crippen molar-refractivity contribution in [3.63, 3.8) is 0 Å². The van der Waals surface area contributed by atoms with E-state index in [0.717, 1.165) is 5.56 Å². The second kappa shape index (κ2) is 7.79. The number of azide groups is 1. The van der Waals surface area contributed by atoms with Crippen LogP contribution in [-0.2, 0) is 4.74 Å². The summed E-state index contributed by atoms with van der Waals surface area (Å²) in [5.41, 5.74) is 15.5. The van der Waals surface area contributed by atoms with Gasteiger partial charge in [0.25, 0.3) is 0 Å². The van der Waals surface area contributed by atoms with Gasteiger partial charge in [-0.1, -0.05) is 23.3 Å². The van der Waals surface area contributed by atoms with Crippen LogP contribution in [0.3, 0.4) is 0 Å². The lowest BCUT2D eigenvalue weighted by Crippen LogP contribution is -2.08. The number of rotatable bonds is 6. The van der Waals surface area contributed by atoms with E-state index >= 15 is 0 Å². The molecule has 0 radical (unpaired) electrons. The molecule has 0 aliphatic rings. The van der Waals surface area contributed by atoms with E-state index in [1.807, 2.05) is 18.2 Å². The van der Waals surface area contributed by atoms with E-state index in [-0.39, 0.29) is 0 Å².